The Bertz CT molecular complexity index is 1010. The monoisotopic (exact) mass is 465 g/mol. The van der Waals surface area contributed by atoms with Crippen molar-refractivity contribution in [3.63, 3.8) is 0 Å². The highest BCUT2D eigenvalue weighted by molar-refractivity contribution is 7.89. The molecule has 1 N–H and O–H groups in total. The van der Waals surface area contributed by atoms with E-state index in [0.717, 1.165) is 0 Å². The Morgan fingerprint density at radius 1 is 1.19 bits per heavy atom. The molecule has 1 fully saturated rings. The number of sulfonamides is 1. The van der Waals surface area contributed by atoms with Gasteiger partial charge in [0.25, 0.3) is 0 Å². The van der Waals surface area contributed by atoms with E-state index >= 15 is 0 Å². The van der Waals surface area contributed by atoms with E-state index in [-0.39, 0.29) is 23.4 Å². The van der Waals surface area contributed by atoms with Gasteiger partial charge >= 0.3 is 0 Å². The second-order valence-corrected chi connectivity index (χ2v) is 11.3. The minimum absolute atomic E-state index is 0.166. The van der Waals surface area contributed by atoms with Crippen molar-refractivity contribution < 1.29 is 17.9 Å². The molecule has 2 aromatic rings. The van der Waals surface area contributed by atoms with Crippen LogP contribution in [-0.2, 0) is 26.1 Å². The summed E-state index contributed by atoms with van der Waals surface area (Å²) in [5.74, 6) is -0.166. The van der Waals surface area contributed by atoms with Crippen LogP contribution in [0.5, 0.6) is 0 Å². The third kappa shape index (κ3) is 6.14. The van der Waals surface area contributed by atoms with Crippen LogP contribution >= 0.6 is 11.3 Å². The van der Waals surface area contributed by atoms with Crippen LogP contribution in [0.4, 0.5) is 5.69 Å². The summed E-state index contributed by atoms with van der Waals surface area (Å²) in [6.45, 7) is 10.4. The molecule has 7 nitrogen and oxygen atoms in total. The number of morpholine rings is 1. The largest absolute Gasteiger partial charge is 0.379 e. The van der Waals surface area contributed by atoms with Crippen molar-refractivity contribution in [1.29, 1.82) is 0 Å². The zero-order valence-electron chi connectivity index (χ0n) is 18.6. The van der Waals surface area contributed by atoms with Crippen molar-refractivity contribution in [3.8, 4) is 0 Å². The number of nitrogens with zero attached hydrogens (tertiary/aromatic N) is 2. The molecule has 3 rings (SSSR count). The summed E-state index contributed by atoms with van der Waals surface area (Å²) in [4.78, 5) is 17.5. The van der Waals surface area contributed by atoms with Crippen LogP contribution in [-0.4, -0.2) is 62.4 Å². The number of ether oxygens (including phenoxy) is 1. The van der Waals surface area contributed by atoms with Crippen LogP contribution in [0.25, 0.3) is 0 Å². The number of anilines is 1. The molecule has 0 aliphatic carbocycles. The van der Waals surface area contributed by atoms with Crippen LogP contribution in [0.2, 0.25) is 0 Å². The third-order valence-corrected chi connectivity index (χ3v) is 8.32. The highest BCUT2D eigenvalue weighted by Gasteiger charge is 2.28. The fourth-order valence-electron chi connectivity index (χ4n) is 3.46. The van der Waals surface area contributed by atoms with Gasteiger partial charge in [0.15, 0.2) is 0 Å². The molecule has 1 amide bonds. The maximum atomic E-state index is 13.1. The summed E-state index contributed by atoms with van der Waals surface area (Å²) in [5.41, 5.74) is 1.14. The number of aryl methyl sites for hydroxylation is 2. The Balaban J connectivity index is 1.71. The van der Waals surface area contributed by atoms with Crippen LogP contribution in [0.15, 0.2) is 35.2 Å². The molecule has 31 heavy (non-hydrogen) atoms. The molecule has 0 saturated carbocycles. The average molecular weight is 466 g/mol. The first-order chi connectivity index (χ1) is 14.7. The zero-order valence-corrected chi connectivity index (χ0v) is 20.2. The van der Waals surface area contributed by atoms with Crippen molar-refractivity contribution in [2.75, 3.05) is 38.2 Å². The molecule has 1 aromatic carbocycles. The average Bonchev–Trinajstić information content (AvgIpc) is 3.14. The fourth-order valence-corrected chi connectivity index (χ4v) is 6.03. The van der Waals surface area contributed by atoms with E-state index in [1.807, 2.05) is 0 Å². The van der Waals surface area contributed by atoms with Crippen molar-refractivity contribution in [2.45, 2.75) is 45.2 Å². The van der Waals surface area contributed by atoms with Crippen LogP contribution in [0, 0.1) is 13.8 Å². The highest BCUT2D eigenvalue weighted by Crippen LogP contribution is 2.25. The molecule has 1 aliphatic rings. The summed E-state index contributed by atoms with van der Waals surface area (Å²) in [6.07, 6.45) is 0. The Labute approximate surface area is 189 Å². The van der Waals surface area contributed by atoms with Crippen LogP contribution in [0.1, 0.15) is 29.2 Å². The lowest BCUT2D eigenvalue weighted by molar-refractivity contribution is -0.117. The predicted molar refractivity (Wildman–Crippen MR) is 124 cm³/mol. The first-order valence-corrected chi connectivity index (χ1v) is 12.7. The first-order valence-electron chi connectivity index (χ1n) is 10.4. The molecular weight excluding hydrogens is 434 g/mol. The molecule has 0 radical (unpaired) electrons. The number of hydrogen-bond donors (Lipinski definition) is 1. The van der Waals surface area contributed by atoms with E-state index in [9.17, 15) is 13.2 Å². The standard InChI is InChI=1S/C22H31N3O4S2/c1-16(2)24(14-20-8-6-18(4)30-20)15-22(26)23-19-7-5-17(3)21(13-19)31(27,28)25-9-11-29-12-10-25/h5-8,13,16H,9-12,14-15H2,1-4H3,(H,23,26). The second kappa shape index (κ2) is 10.2. The lowest BCUT2D eigenvalue weighted by atomic mass is 10.2. The van der Waals surface area contributed by atoms with Gasteiger partial charge in [-0.25, -0.2) is 8.42 Å². The van der Waals surface area contributed by atoms with E-state index in [1.165, 1.54) is 14.1 Å². The minimum atomic E-state index is -3.63. The number of carbonyl (C=O) groups is 1. The molecule has 170 valence electrons. The molecule has 0 atom stereocenters. The van der Waals surface area contributed by atoms with Gasteiger partial charge in [-0.3, -0.25) is 9.69 Å². The van der Waals surface area contributed by atoms with Gasteiger partial charge in [-0.2, -0.15) is 4.31 Å². The quantitative estimate of drug-likeness (QED) is 0.648. The molecule has 0 bridgehead atoms. The van der Waals surface area contributed by atoms with E-state index in [4.69, 9.17) is 4.74 Å². The summed E-state index contributed by atoms with van der Waals surface area (Å²) in [7, 11) is -3.63. The van der Waals surface area contributed by atoms with Crippen LogP contribution < -0.4 is 5.32 Å². The normalized spacial score (nSPS) is 15.5. The first kappa shape index (κ1) is 23.9. The Hall–Kier alpha value is -1.78. The zero-order chi connectivity index (χ0) is 22.6. The van der Waals surface area contributed by atoms with Crippen molar-refractivity contribution in [1.82, 2.24) is 9.21 Å². The van der Waals surface area contributed by atoms with Gasteiger partial charge in [0.1, 0.15) is 0 Å². The molecule has 1 aliphatic heterocycles. The van der Waals surface area contributed by atoms with Crippen molar-refractivity contribution in [3.05, 3.63) is 45.6 Å². The molecule has 2 heterocycles. The van der Waals surface area contributed by atoms with E-state index in [0.29, 0.717) is 44.1 Å². The van der Waals surface area contributed by atoms with Gasteiger partial charge in [-0.15, -0.1) is 11.3 Å². The molecule has 0 unspecified atom stereocenters. The van der Waals surface area contributed by atoms with Gasteiger partial charge < -0.3 is 10.1 Å². The number of benzene rings is 1. The summed E-state index contributed by atoms with van der Waals surface area (Å²) in [6, 6.07) is 9.41. The highest BCUT2D eigenvalue weighted by atomic mass is 32.2. The smallest absolute Gasteiger partial charge is 0.243 e. The fraction of sp³-hybridized carbons (Fsp3) is 0.500. The maximum absolute atomic E-state index is 13.1. The summed E-state index contributed by atoms with van der Waals surface area (Å²) >= 11 is 1.73. The Morgan fingerprint density at radius 3 is 2.52 bits per heavy atom. The molecule has 0 spiro atoms. The van der Waals surface area contributed by atoms with Gasteiger partial charge in [0.2, 0.25) is 15.9 Å². The lowest BCUT2D eigenvalue weighted by Gasteiger charge is -2.27. The predicted octanol–water partition coefficient (Wildman–Crippen LogP) is 3.23. The van der Waals surface area contributed by atoms with E-state index in [1.54, 1.807) is 36.5 Å². The van der Waals surface area contributed by atoms with Gasteiger partial charge in [-0.05, 0) is 57.5 Å². The van der Waals surface area contributed by atoms with E-state index < -0.39 is 10.0 Å². The minimum Gasteiger partial charge on any atom is -0.379 e. The SMILES string of the molecule is Cc1ccc(CN(CC(=O)Nc2ccc(C)c(S(=O)(=O)N3CCOCC3)c2)C(C)C)s1. The molecular formula is C22H31N3O4S2. The Morgan fingerprint density at radius 2 is 1.90 bits per heavy atom. The van der Waals surface area contributed by atoms with Gasteiger partial charge in [0.05, 0.1) is 24.7 Å². The molecule has 1 saturated heterocycles. The van der Waals surface area contributed by atoms with Gasteiger partial charge in [0, 0.05) is 41.1 Å². The number of hydrogen-bond acceptors (Lipinski definition) is 6. The number of nitrogens with one attached hydrogen (secondary N) is 1. The topological polar surface area (TPSA) is 79.0 Å². The molecule has 1 aromatic heterocycles. The number of amides is 1. The Kier molecular flexibility index (Phi) is 7.87. The number of rotatable bonds is 8. The lowest BCUT2D eigenvalue weighted by Crippen LogP contribution is -2.40. The van der Waals surface area contributed by atoms with Crippen molar-refractivity contribution in [2.24, 2.45) is 0 Å². The second-order valence-electron chi connectivity index (χ2n) is 8.06. The van der Waals surface area contributed by atoms with E-state index in [2.05, 4.69) is 43.1 Å². The molecule has 9 heteroatoms. The summed E-state index contributed by atoms with van der Waals surface area (Å²) < 4.78 is 32.8. The maximum Gasteiger partial charge on any atom is 0.243 e. The third-order valence-electron chi connectivity index (χ3n) is 5.29. The van der Waals surface area contributed by atoms with Crippen molar-refractivity contribution >= 4 is 33.0 Å². The number of carbonyl (C=O) groups excluding carboxylic acids is 1. The van der Waals surface area contributed by atoms with Crippen LogP contribution in [0.3, 0.4) is 0 Å². The van der Waals surface area contributed by atoms with Gasteiger partial charge in [-0.1, -0.05) is 6.07 Å². The number of thiophene rings is 1. The summed E-state index contributed by atoms with van der Waals surface area (Å²) in [5, 5.41) is 2.88.